The molecule has 1 N–H and O–H groups in total. The third-order valence-electron chi connectivity index (χ3n) is 4.26. The number of rotatable bonds is 5. The van der Waals surface area contributed by atoms with Crippen LogP contribution in [0.4, 0.5) is 0 Å². The molecule has 0 radical (unpaired) electrons. The first-order valence-corrected chi connectivity index (χ1v) is 8.00. The molecular formula is C20H24ClNO3. The highest BCUT2D eigenvalue weighted by Gasteiger charge is 2.17. The standard InChI is InChI=1S/C20H23NO3.ClH/c1-13-18(11-14-5-8-16(23-4)9-6-14)24-17-10-7-15(12-21(2)3)20(22)19(13)17;/h5-10,22H,11-12H2,1-4H3;1H. The van der Waals surface area contributed by atoms with Crippen LogP contribution in [0.25, 0.3) is 11.0 Å². The van der Waals surface area contributed by atoms with Gasteiger partial charge in [-0.2, -0.15) is 0 Å². The summed E-state index contributed by atoms with van der Waals surface area (Å²) in [7, 11) is 5.63. The molecule has 3 rings (SSSR count). The summed E-state index contributed by atoms with van der Waals surface area (Å²) in [6, 6.07) is 11.8. The normalized spacial score (nSPS) is 10.9. The van der Waals surface area contributed by atoms with Crippen molar-refractivity contribution >= 4 is 23.4 Å². The van der Waals surface area contributed by atoms with Gasteiger partial charge in [0.15, 0.2) is 0 Å². The average molecular weight is 362 g/mol. The zero-order chi connectivity index (χ0) is 17.3. The summed E-state index contributed by atoms with van der Waals surface area (Å²) >= 11 is 0. The quantitative estimate of drug-likeness (QED) is 0.725. The number of hydrogen-bond donors (Lipinski definition) is 1. The van der Waals surface area contributed by atoms with Gasteiger partial charge in [-0.05, 0) is 44.8 Å². The van der Waals surface area contributed by atoms with Crippen LogP contribution in [-0.2, 0) is 13.0 Å². The van der Waals surface area contributed by atoms with Gasteiger partial charge in [0.25, 0.3) is 0 Å². The number of nitrogens with zero attached hydrogens (tertiary/aromatic N) is 1. The molecule has 0 spiro atoms. The van der Waals surface area contributed by atoms with Crippen molar-refractivity contribution < 1.29 is 14.3 Å². The van der Waals surface area contributed by atoms with Crippen molar-refractivity contribution in [2.75, 3.05) is 21.2 Å². The van der Waals surface area contributed by atoms with Crippen molar-refractivity contribution in [3.05, 3.63) is 58.8 Å². The average Bonchev–Trinajstić information content (AvgIpc) is 2.87. The van der Waals surface area contributed by atoms with Crippen LogP contribution in [-0.4, -0.2) is 31.2 Å². The fourth-order valence-corrected chi connectivity index (χ4v) is 2.98. The number of furan rings is 1. The maximum Gasteiger partial charge on any atom is 0.138 e. The maximum absolute atomic E-state index is 10.6. The molecule has 0 fully saturated rings. The predicted octanol–water partition coefficient (Wildman–Crippen LogP) is 4.53. The fourth-order valence-electron chi connectivity index (χ4n) is 2.98. The molecular weight excluding hydrogens is 338 g/mol. The Morgan fingerprint density at radius 2 is 1.76 bits per heavy atom. The van der Waals surface area contributed by atoms with Crippen molar-refractivity contribution in [1.82, 2.24) is 4.90 Å². The third-order valence-corrected chi connectivity index (χ3v) is 4.26. The van der Waals surface area contributed by atoms with E-state index >= 15 is 0 Å². The molecule has 0 saturated carbocycles. The maximum atomic E-state index is 10.6. The lowest BCUT2D eigenvalue weighted by Gasteiger charge is -2.11. The minimum absolute atomic E-state index is 0. The summed E-state index contributed by atoms with van der Waals surface area (Å²) < 4.78 is 11.2. The van der Waals surface area contributed by atoms with Crippen LogP contribution in [0.1, 0.15) is 22.5 Å². The van der Waals surface area contributed by atoms with E-state index in [1.54, 1.807) is 7.11 Å². The zero-order valence-corrected chi connectivity index (χ0v) is 15.8. The first kappa shape index (κ1) is 19.2. The van der Waals surface area contributed by atoms with Gasteiger partial charge in [0.05, 0.1) is 12.5 Å². The van der Waals surface area contributed by atoms with Crippen molar-refractivity contribution in [1.29, 1.82) is 0 Å². The Hall–Kier alpha value is -2.17. The van der Waals surface area contributed by atoms with Crippen LogP contribution in [0.15, 0.2) is 40.8 Å². The lowest BCUT2D eigenvalue weighted by molar-refractivity contribution is 0.387. The Kier molecular flexibility index (Phi) is 5.98. The van der Waals surface area contributed by atoms with Crippen LogP contribution in [0.3, 0.4) is 0 Å². The van der Waals surface area contributed by atoms with E-state index in [4.69, 9.17) is 9.15 Å². The van der Waals surface area contributed by atoms with E-state index in [9.17, 15) is 5.11 Å². The van der Waals surface area contributed by atoms with Gasteiger partial charge in [-0.25, -0.2) is 0 Å². The number of phenolic OH excluding ortho intramolecular Hbond substituents is 1. The Labute approximate surface area is 154 Å². The summed E-state index contributed by atoms with van der Waals surface area (Å²) in [6.45, 7) is 2.70. The van der Waals surface area contributed by atoms with E-state index < -0.39 is 0 Å². The van der Waals surface area contributed by atoms with E-state index in [0.717, 1.165) is 39.2 Å². The highest BCUT2D eigenvalue weighted by Crippen LogP contribution is 2.36. The molecule has 0 unspecified atom stereocenters. The Bertz CT molecular complexity index is 853. The second-order valence-corrected chi connectivity index (χ2v) is 6.36. The number of aryl methyl sites for hydroxylation is 1. The molecule has 5 heteroatoms. The van der Waals surface area contributed by atoms with Gasteiger partial charge < -0.3 is 19.2 Å². The highest BCUT2D eigenvalue weighted by molar-refractivity contribution is 5.89. The van der Waals surface area contributed by atoms with Crippen LogP contribution in [0, 0.1) is 6.92 Å². The molecule has 2 aromatic carbocycles. The first-order chi connectivity index (χ1) is 11.5. The summed E-state index contributed by atoms with van der Waals surface area (Å²) in [5.74, 6) is 2.04. The first-order valence-electron chi connectivity index (χ1n) is 8.00. The van der Waals surface area contributed by atoms with Gasteiger partial charge in [-0.3, -0.25) is 0 Å². The molecule has 1 aromatic heterocycles. The Morgan fingerprint density at radius 3 is 2.36 bits per heavy atom. The number of hydrogen-bond acceptors (Lipinski definition) is 4. The highest BCUT2D eigenvalue weighted by atomic mass is 35.5. The van der Waals surface area contributed by atoms with E-state index in [0.29, 0.717) is 18.7 Å². The molecule has 0 aliphatic carbocycles. The lowest BCUT2D eigenvalue weighted by Crippen LogP contribution is -2.10. The third kappa shape index (κ3) is 3.91. The molecule has 0 aliphatic heterocycles. The van der Waals surface area contributed by atoms with Crippen molar-refractivity contribution in [2.45, 2.75) is 19.9 Å². The molecule has 1 heterocycles. The number of methoxy groups -OCH3 is 1. The number of aromatic hydroxyl groups is 1. The smallest absolute Gasteiger partial charge is 0.138 e. The zero-order valence-electron chi connectivity index (χ0n) is 15.0. The van der Waals surface area contributed by atoms with Crippen molar-refractivity contribution in [3.63, 3.8) is 0 Å². The van der Waals surface area contributed by atoms with Gasteiger partial charge >= 0.3 is 0 Å². The number of ether oxygens (including phenoxy) is 1. The fraction of sp³-hybridized carbons (Fsp3) is 0.300. The molecule has 25 heavy (non-hydrogen) atoms. The molecule has 0 aliphatic rings. The van der Waals surface area contributed by atoms with Crippen LogP contribution in [0.5, 0.6) is 11.5 Å². The van der Waals surface area contributed by atoms with Gasteiger partial charge in [0.2, 0.25) is 0 Å². The largest absolute Gasteiger partial charge is 0.507 e. The van der Waals surface area contributed by atoms with Gasteiger partial charge in [-0.1, -0.05) is 18.2 Å². The van der Waals surface area contributed by atoms with Crippen LogP contribution >= 0.6 is 12.4 Å². The monoisotopic (exact) mass is 361 g/mol. The predicted molar refractivity (Wildman–Crippen MR) is 103 cm³/mol. The van der Waals surface area contributed by atoms with Crippen LogP contribution in [0.2, 0.25) is 0 Å². The lowest BCUT2D eigenvalue weighted by atomic mass is 10.0. The minimum Gasteiger partial charge on any atom is -0.507 e. The second-order valence-electron chi connectivity index (χ2n) is 6.36. The van der Waals surface area contributed by atoms with Crippen molar-refractivity contribution in [3.8, 4) is 11.5 Å². The van der Waals surface area contributed by atoms with E-state index in [1.165, 1.54) is 0 Å². The molecule has 0 saturated heterocycles. The molecule has 4 nitrogen and oxygen atoms in total. The minimum atomic E-state index is 0. The van der Waals surface area contributed by atoms with Crippen LogP contribution < -0.4 is 4.74 Å². The van der Waals surface area contributed by atoms with Gasteiger partial charge in [-0.15, -0.1) is 12.4 Å². The molecule has 0 amide bonds. The van der Waals surface area contributed by atoms with Crippen molar-refractivity contribution in [2.24, 2.45) is 0 Å². The summed E-state index contributed by atoms with van der Waals surface area (Å²) in [6.07, 6.45) is 0.687. The number of fused-ring (bicyclic) bond motifs is 1. The number of halogens is 1. The molecule has 134 valence electrons. The molecule has 0 bridgehead atoms. The van der Waals surface area contributed by atoms with E-state index in [1.807, 2.05) is 62.3 Å². The molecule has 3 aromatic rings. The number of phenols is 1. The Morgan fingerprint density at radius 1 is 1.08 bits per heavy atom. The summed E-state index contributed by atoms with van der Waals surface area (Å²) in [4.78, 5) is 2.04. The summed E-state index contributed by atoms with van der Waals surface area (Å²) in [5.41, 5.74) is 3.79. The van der Waals surface area contributed by atoms with E-state index in [-0.39, 0.29) is 12.4 Å². The van der Waals surface area contributed by atoms with E-state index in [2.05, 4.69) is 0 Å². The van der Waals surface area contributed by atoms with Gasteiger partial charge in [0.1, 0.15) is 22.8 Å². The topological polar surface area (TPSA) is 45.8 Å². The number of benzene rings is 2. The SMILES string of the molecule is COc1ccc(Cc2oc3ccc(CN(C)C)c(O)c3c2C)cc1.Cl. The second kappa shape index (κ2) is 7.81. The Balaban J connectivity index is 0.00000225. The molecule has 0 atom stereocenters. The summed E-state index contributed by atoms with van der Waals surface area (Å²) in [5, 5.41) is 11.4. The van der Waals surface area contributed by atoms with Gasteiger partial charge in [0, 0.05) is 24.1 Å².